The molecule has 3 rings (SSSR count). The lowest BCUT2D eigenvalue weighted by atomic mass is 10.1. The number of unbranched alkanes of at least 4 members (excludes halogenated alkanes) is 2. The maximum atomic E-state index is 12.7. The van der Waals surface area contributed by atoms with E-state index in [-0.39, 0.29) is 5.57 Å². The molecular formula is C26H26BrN3O3S. The van der Waals surface area contributed by atoms with Gasteiger partial charge in [0.25, 0.3) is 5.91 Å². The Balaban J connectivity index is 1.66. The van der Waals surface area contributed by atoms with E-state index in [1.165, 1.54) is 17.4 Å². The molecule has 0 radical (unpaired) electrons. The second-order valence-electron chi connectivity index (χ2n) is 7.52. The Morgan fingerprint density at radius 3 is 2.71 bits per heavy atom. The van der Waals surface area contributed by atoms with Crippen molar-refractivity contribution in [2.45, 2.75) is 32.6 Å². The van der Waals surface area contributed by atoms with Crippen molar-refractivity contribution in [2.75, 3.05) is 19.0 Å². The second-order valence-corrected chi connectivity index (χ2v) is 9.56. The van der Waals surface area contributed by atoms with Gasteiger partial charge in [0, 0.05) is 22.0 Å². The number of ether oxygens (including phenoxy) is 2. The van der Waals surface area contributed by atoms with Crippen LogP contribution < -0.4 is 14.8 Å². The minimum atomic E-state index is -0.508. The zero-order valence-corrected chi connectivity index (χ0v) is 21.5. The molecule has 34 heavy (non-hydrogen) atoms. The van der Waals surface area contributed by atoms with Crippen LogP contribution in [0.4, 0.5) is 5.13 Å². The number of thiazole rings is 1. The number of hydrogen-bond acceptors (Lipinski definition) is 6. The van der Waals surface area contributed by atoms with E-state index in [1.54, 1.807) is 31.5 Å². The van der Waals surface area contributed by atoms with Crippen molar-refractivity contribution in [3.8, 4) is 17.6 Å². The van der Waals surface area contributed by atoms with Gasteiger partial charge in [-0.05, 0) is 47.9 Å². The maximum absolute atomic E-state index is 12.7. The lowest BCUT2D eigenvalue weighted by Gasteiger charge is -2.11. The number of nitrogens with zero attached hydrogens (tertiary/aromatic N) is 2. The minimum Gasteiger partial charge on any atom is -0.493 e. The lowest BCUT2D eigenvalue weighted by Crippen LogP contribution is -2.13. The average molecular weight is 540 g/mol. The van der Waals surface area contributed by atoms with E-state index in [1.807, 2.05) is 30.3 Å². The third kappa shape index (κ3) is 7.44. The molecule has 0 bridgehead atoms. The van der Waals surface area contributed by atoms with Crippen molar-refractivity contribution in [3.05, 3.63) is 74.7 Å². The van der Waals surface area contributed by atoms with Crippen LogP contribution in [0.15, 0.2) is 58.7 Å². The first-order chi connectivity index (χ1) is 16.5. The van der Waals surface area contributed by atoms with Crippen LogP contribution in [0.3, 0.4) is 0 Å². The molecule has 0 unspecified atom stereocenters. The summed E-state index contributed by atoms with van der Waals surface area (Å²) in [5, 5.41) is 12.7. The Bertz CT molecular complexity index is 1180. The number of rotatable bonds is 11. The van der Waals surface area contributed by atoms with Gasteiger partial charge in [0.1, 0.15) is 11.6 Å². The molecule has 6 nitrogen and oxygen atoms in total. The smallest absolute Gasteiger partial charge is 0.268 e. The van der Waals surface area contributed by atoms with Crippen molar-refractivity contribution in [1.82, 2.24) is 4.98 Å². The van der Waals surface area contributed by atoms with E-state index in [0.717, 1.165) is 34.2 Å². The first-order valence-corrected chi connectivity index (χ1v) is 12.6. The fourth-order valence-electron chi connectivity index (χ4n) is 3.16. The lowest BCUT2D eigenvalue weighted by molar-refractivity contribution is -0.112. The van der Waals surface area contributed by atoms with Crippen LogP contribution in [0.1, 0.15) is 42.2 Å². The number of amides is 1. The number of nitriles is 1. The van der Waals surface area contributed by atoms with Crippen molar-refractivity contribution in [1.29, 1.82) is 5.26 Å². The summed E-state index contributed by atoms with van der Waals surface area (Å²) in [5.74, 6) is 0.686. The molecule has 0 saturated heterocycles. The highest BCUT2D eigenvalue weighted by Crippen LogP contribution is 2.29. The number of nitrogens with one attached hydrogen (secondary N) is 1. The summed E-state index contributed by atoms with van der Waals surface area (Å²) in [6, 6.07) is 15.4. The van der Waals surface area contributed by atoms with E-state index in [0.29, 0.717) is 35.2 Å². The third-order valence-electron chi connectivity index (χ3n) is 4.93. The molecule has 0 aliphatic rings. The molecule has 8 heteroatoms. The second kappa shape index (κ2) is 12.9. The molecule has 0 aliphatic carbocycles. The van der Waals surface area contributed by atoms with Gasteiger partial charge in [-0.1, -0.05) is 53.9 Å². The summed E-state index contributed by atoms with van der Waals surface area (Å²) in [6.45, 7) is 2.75. The molecule has 2 aromatic carbocycles. The fraction of sp³-hybridized carbons (Fsp3) is 0.269. The van der Waals surface area contributed by atoms with Gasteiger partial charge >= 0.3 is 0 Å². The Hall–Kier alpha value is -3.15. The largest absolute Gasteiger partial charge is 0.493 e. The molecule has 0 spiro atoms. The standard InChI is InChI=1S/C26H26BrN3O3S/c1-3-4-5-12-33-23-11-8-19(15-24(23)32-2)13-20(16-28)25(31)30-26-29-17-22(34-26)14-18-6-9-21(27)10-7-18/h6-11,13,15,17H,3-5,12,14H2,1-2H3,(H,29,30,31). The zero-order valence-electron chi connectivity index (χ0n) is 19.1. The van der Waals surface area contributed by atoms with Crippen molar-refractivity contribution >= 4 is 44.4 Å². The van der Waals surface area contributed by atoms with Crippen LogP contribution in [0, 0.1) is 11.3 Å². The number of aromatic nitrogens is 1. The average Bonchev–Trinajstić information content (AvgIpc) is 3.28. The fourth-order valence-corrected chi connectivity index (χ4v) is 4.26. The van der Waals surface area contributed by atoms with Crippen molar-refractivity contribution in [3.63, 3.8) is 0 Å². The van der Waals surface area contributed by atoms with Crippen molar-refractivity contribution < 1.29 is 14.3 Å². The monoisotopic (exact) mass is 539 g/mol. The van der Waals surface area contributed by atoms with E-state index in [9.17, 15) is 10.1 Å². The highest BCUT2D eigenvalue weighted by Gasteiger charge is 2.13. The highest BCUT2D eigenvalue weighted by molar-refractivity contribution is 9.10. The predicted molar refractivity (Wildman–Crippen MR) is 139 cm³/mol. The van der Waals surface area contributed by atoms with Crippen LogP contribution in [-0.4, -0.2) is 24.6 Å². The number of hydrogen-bond donors (Lipinski definition) is 1. The molecule has 0 atom stereocenters. The summed E-state index contributed by atoms with van der Waals surface area (Å²) in [7, 11) is 1.56. The molecule has 0 aliphatic heterocycles. The van der Waals surface area contributed by atoms with Crippen LogP contribution in [0.25, 0.3) is 6.08 Å². The summed E-state index contributed by atoms with van der Waals surface area (Å²) >= 11 is 4.82. The molecule has 1 aromatic heterocycles. The maximum Gasteiger partial charge on any atom is 0.268 e. The molecule has 1 N–H and O–H groups in total. The van der Waals surface area contributed by atoms with Gasteiger partial charge in [-0.25, -0.2) is 4.98 Å². The Morgan fingerprint density at radius 2 is 2.00 bits per heavy atom. The van der Waals surface area contributed by atoms with Gasteiger partial charge < -0.3 is 9.47 Å². The molecule has 176 valence electrons. The normalized spacial score (nSPS) is 11.1. The molecule has 3 aromatic rings. The first kappa shape index (κ1) is 25.5. The number of carbonyl (C=O) groups excluding carboxylic acids is 1. The Kier molecular flexibility index (Phi) is 9.68. The molecule has 1 heterocycles. The van der Waals surface area contributed by atoms with Crippen LogP contribution >= 0.6 is 27.3 Å². The Morgan fingerprint density at radius 1 is 1.21 bits per heavy atom. The van der Waals surface area contributed by atoms with Gasteiger partial charge in [0.15, 0.2) is 16.6 Å². The molecular weight excluding hydrogens is 514 g/mol. The Labute approximate surface area is 212 Å². The number of methoxy groups -OCH3 is 1. The summed E-state index contributed by atoms with van der Waals surface area (Å²) in [5.41, 5.74) is 1.79. The predicted octanol–water partition coefficient (Wildman–Crippen LogP) is 6.62. The third-order valence-corrected chi connectivity index (χ3v) is 6.38. The number of benzene rings is 2. The van der Waals surface area contributed by atoms with Gasteiger partial charge in [-0.3, -0.25) is 10.1 Å². The number of halogens is 1. The SMILES string of the molecule is CCCCCOc1ccc(C=C(C#N)C(=O)Nc2ncc(Cc3ccc(Br)cc3)s2)cc1OC. The van der Waals surface area contributed by atoms with Crippen molar-refractivity contribution in [2.24, 2.45) is 0 Å². The van der Waals surface area contributed by atoms with E-state index in [4.69, 9.17) is 9.47 Å². The van der Waals surface area contributed by atoms with Gasteiger partial charge in [-0.2, -0.15) is 5.26 Å². The topological polar surface area (TPSA) is 84.2 Å². The summed E-state index contributed by atoms with van der Waals surface area (Å²) in [6.07, 6.45) is 7.18. The van der Waals surface area contributed by atoms with Crippen LogP contribution in [0.5, 0.6) is 11.5 Å². The summed E-state index contributed by atoms with van der Waals surface area (Å²) < 4.78 is 12.2. The van der Waals surface area contributed by atoms with Gasteiger partial charge in [-0.15, -0.1) is 11.3 Å². The van der Waals surface area contributed by atoms with Gasteiger partial charge in [0.05, 0.1) is 13.7 Å². The quantitative estimate of drug-likeness (QED) is 0.168. The molecule has 0 saturated carbocycles. The van der Waals surface area contributed by atoms with Gasteiger partial charge in [0.2, 0.25) is 0 Å². The number of carbonyl (C=O) groups is 1. The van der Waals surface area contributed by atoms with Crippen LogP contribution in [-0.2, 0) is 11.2 Å². The molecule has 1 amide bonds. The first-order valence-electron chi connectivity index (χ1n) is 11.0. The minimum absolute atomic E-state index is 0.0247. The molecule has 0 fully saturated rings. The van der Waals surface area contributed by atoms with E-state index >= 15 is 0 Å². The zero-order chi connectivity index (χ0) is 24.3. The highest BCUT2D eigenvalue weighted by atomic mass is 79.9. The van der Waals surface area contributed by atoms with E-state index < -0.39 is 5.91 Å². The van der Waals surface area contributed by atoms with Crippen LogP contribution in [0.2, 0.25) is 0 Å². The summed E-state index contributed by atoms with van der Waals surface area (Å²) in [4.78, 5) is 18.0. The number of anilines is 1. The van der Waals surface area contributed by atoms with E-state index in [2.05, 4.69) is 33.2 Å².